The van der Waals surface area contributed by atoms with Gasteiger partial charge in [-0.3, -0.25) is 14.4 Å². The van der Waals surface area contributed by atoms with E-state index in [0.29, 0.717) is 11.3 Å². The van der Waals surface area contributed by atoms with Gasteiger partial charge in [-0.05, 0) is 31.2 Å². The van der Waals surface area contributed by atoms with Gasteiger partial charge in [0.1, 0.15) is 6.54 Å². The zero-order valence-electron chi connectivity index (χ0n) is 14.1. The van der Waals surface area contributed by atoms with Crippen LogP contribution in [0.2, 0.25) is 0 Å². The second-order valence-electron chi connectivity index (χ2n) is 5.90. The quantitative estimate of drug-likeness (QED) is 0.796. The predicted molar refractivity (Wildman–Crippen MR) is 97.8 cm³/mol. The Kier molecular flexibility index (Phi) is 4.90. The standard InChI is InChI=1S/C19H18N2O3S/c1-13-7-9-14(10-8-13)25-12-18(23)21-16-6-4-3-5-15(16)19(24)20(2)11-17(21)22/h3-10H,11-12H2,1-2H3. The van der Waals surface area contributed by atoms with Crippen LogP contribution < -0.4 is 4.90 Å². The molecule has 0 saturated carbocycles. The number of likely N-dealkylation sites (N-methyl/N-ethyl adjacent to an activating group) is 1. The molecule has 6 heteroatoms. The van der Waals surface area contributed by atoms with E-state index in [1.807, 2.05) is 31.2 Å². The molecule has 0 aromatic heterocycles. The Morgan fingerprint density at radius 3 is 2.48 bits per heavy atom. The van der Waals surface area contributed by atoms with Crippen molar-refractivity contribution in [2.75, 3.05) is 24.2 Å². The summed E-state index contributed by atoms with van der Waals surface area (Å²) in [6, 6.07) is 14.6. The fourth-order valence-corrected chi connectivity index (χ4v) is 3.40. The number of para-hydroxylation sites is 1. The fraction of sp³-hybridized carbons (Fsp3) is 0.211. The van der Waals surface area contributed by atoms with Crippen molar-refractivity contribution in [2.45, 2.75) is 11.8 Å². The van der Waals surface area contributed by atoms with Gasteiger partial charge in [-0.1, -0.05) is 29.8 Å². The SMILES string of the molecule is Cc1ccc(SCC(=O)N2C(=O)CN(C)C(=O)c3ccccc32)cc1. The zero-order chi connectivity index (χ0) is 18.0. The van der Waals surface area contributed by atoms with Crippen LogP contribution in [0.25, 0.3) is 0 Å². The number of aryl methyl sites for hydroxylation is 1. The summed E-state index contributed by atoms with van der Waals surface area (Å²) < 4.78 is 0. The van der Waals surface area contributed by atoms with E-state index in [-0.39, 0.29) is 24.1 Å². The zero-order valence-corrected chi connectivity index (χ0v) is 14.9. The summed E-state index contributed by atoms with van der Waals surface area (Å²) in [5.41, 5.74) is 1.87. The number of thioether (sulfide) groups is 1. The topological polar surface area (TPSA) is 57.7 Å². The number of carbonyl (C=O) groups is 3. The average molecular weight is 354 g/mol. The average Bonchev–Trinajstić information content (AvgIpc) is 2.69. The van der Waals surface area contributed by atoms with Crippen LogP contribution in [0.3, 0.4) is 0 Å². The molecular formula is C19H18N2O3S. The number of carbonyl (C=O) groups excluding carboxylic acids is 3. The summed E-state index contributed by atoms with van der Waals surface area (Å²) in [4.78, 5) is 41.1. The molecule has 0 bridgehead atoms. The lowest BCUT2D eigenvalue weighted by Gasteiger charge is -2.20. The summed E-state index contributed by atoms with van der Waals surface area (Å²) >= 11 is 1.37. The van der Waals surface area contributed by atoms with Gasteiger partial charge in [0.25, 0.3) is 11.8 Å². The third-order valence-corrected chi connectivity index (χ3v) is 4.97. The van der Waals surface area contributed by atoms with Crippen LogP contribution >= 0.6 is 11.8 Å². The Labute approximate surface area is 150 Å². The van der Waals surface area contributed by atoms with Crippen molar-refractivity contribution >= 4 is 35.2 Å². The Morgan fingerprint density at radius 2 is 1.76 bits per heavy atom. The third-order valence-electron chi connectivity index (χ3n) is 3.98. The normalized spacial score (nSPS) is 14.3. The molecule has 0 radical (unpaired) electrons. The first-order chi connectivity index (χ1) is 12.0. The molecule has 2 aromatic carbocycles. The van der Waals surface area contributed by atoms with Gasteiger partial charge in [0.2, 0.25) is 5.91 Å². The van der Waals surface area contributed by atoms with Gasteiger partial charge in [0.05, 0.1) is 17.0 Å². The van der Waals surface area contributed by atoms with E-state index < -0.39 is 5.91 Å². The Balaban J connectivity index is 1.85. The molecule has 0 spiro atoms. The lowest BCUT2D eigenvalue weighted by molar-refractivity contribution is -0.125. The highest BCUT2D eigenvalue weighted by Gasteiger charge is 2.33. The minimum atomic E-state index is -0.393. The van der Waals surface area contributed by atoms with Crippen LogP contribution in [0, 0.1) is 6.92 Å². The number of imide groups is 1. The van der Waals surface area contributed by atoms with Gasteiger partial charge < -0.3 is 4.90 Å². The van der Waals surface area contributed by atoms with Gasteiger partial charge in [-0.2, -0.15) is 0 Å². The lowest BCUT2D eigenvalue weighted by Crippen LogP contribution is -2.42. The monoisotopic (exact) mass is 354 g/mol. The first-order valence-corrected chi connectivity index (χ1v) is 8.85. The highest BCUT2D eigenvalue weighted by molar-refractivity contribution is 8.00. The molecule has 3 amide bonds. The lowest BCUT2D eigenvalue weighted by atomic mass is 10.1. The molecule has 0 aliphatic carbocycles. The smallest absolute Gasteiger partial charge is 0.256 e. The van der Waals surface area contributed by atoms with Crippen LogP contribution in [-0.4, -0.2) is 42.0 Å². The van der Waals surface area contributed by atoms with Crippen LogP contribution in [0.4, 0.5) is 5.69 Å². The molecule has 3 rings (SSSR count). The molecule has 1 aliphatic heterocycles. The minimum Gasteiger partial charge on any atom is -0.332 e. The molecule has 2 aromatic rings. The predicted octanol–water partition coefficient (Wildman–Crippen LogP) is 2.73. The molecule has 0 fully saturated rings. The molecule has 128 valence electrons. The molecule has 0 N–H and O–H groups in total. The van der Waals surface area contributed by atoms with Crippen molar-refractivity contribution in [3.05, 3.63) is 59.7 Å². The minimum absolute atomic E-state index is 0.117. The van der Waals surface area contributed by atoms with E-state index in [4.69, 9.17) is 0 Å². The number of amides is 3. The Bertz CT molecular complexity index is 833. The van der Waals surface area contributed by atoms with Gasteiger partial charge in [-0.15, -0.1) is 11.8 Å². The van der Waals surface area contributed by atoms with Crippen LogP contribution in [0.1, 0.15) is 15.9 Å². The van der Waals surface area contributed by atoms with Crippen molar-refractivity contribution in [3.8, 4) is 0 Å². The van der Waals surface area contributed by atoms with Crippen molar-refractivity contribution in [2.24, 2.45) is 0 Å². The number of nitrogens with zero attached hydrogens (tertiary/aromatic N) is 2. The maximum atomic E-state index is 12.7. The van der Waals surface area contributed by atoms with Crippen LogP contribution in [-0.2, 0) is 9.59 Å². The summed E-state index contributed by atoms with van der Waals surface area (Å²) in [6.07, 6.45) is 0. The molecule has 0 atom stereocenters. The third kappa shape index (κ3) is 3.58. The van der Waals surface area contributed by atoms with Crippen LogP contribution in [0.15, 0.2) is 53.4 Å². The maximum absolute atomic E-state index is 12.7. The Morgan fingerprint density at radius 1 is 1.08 bits per heavy atom. The number of hydrogen-bond donors (Lipinski definition) is 0. The van der Waals surface area contributed by atoms with Crippen molar-refractivity contribution < 1.29 is 14.4 Å². The number of rotatable bonds is 3. The first kappa shape index (κ1) is 17.2. The van der Waals surface area contributed by atoms with E-state index in [1.54, 1.807) is 31.3 Å². The second-order valence-corrected chi connectivity index (χ2v) is 6.95. The molecular weight excluding hydrogens is 336 g/mol. The number of benzene rings is 2. The van der Waals surface area contributed by atoms with E-state index in [0.717, 1.165) is 15.4 Å². The first-order valence-electron chi connectivity index (χ1n) is 7.87. The highest BCUT2D eigenvalue weighted by Crippen LogP contribution is 2.27. The molecule has 5 nitrogen and oxygen atoms in total. The maximum Gasteiger partial charge on any atom is 0.256 e. The fourth-order valence-electron chi connectivity index (χ4n) is 2.65. The molecule has 0 saturated heterocycles. The summed E-state index contributed by atoms with van der Waals surface area (Å²) in [6.45, 7) is 1.88. The summed E-state index contributed by atoms with van der Waals surface area (Å²) in [7, 11) is 1.56. The van der Waals surface area contributed by atoms with Crippen LogP contribution in [0.5, 0.6) is 0 Å². The summed E-state index contributed by atoms with van der Waals surface area (Å²) in [5, 5.41) is 0. The van der Waals surface area contributed by atoms with Crippen molar-refractivity contribution in [1.82, 2.24) is 4.90 Å². The van der Waals surface area contributed by atoms with E-state index in [1.165, 1.54) is 16.7 Å². The molecule has 1 aliphatic rings. The van der Waals surface area contributed by atoms with E-state index in [9.17, 15) is 14.4 Å². The van der Waals surface area contributed by atoms with Gasteiger partial charge in [0, 0.05) is 11.9 Å². The van der Waals surface area contributed by atoms with Gasteiger partial charge in [-0.25, -0.2) is 4.90 Å². The second kappa shape index (κ2) is 7.11. The number of fused-ring (bicyclic) bond motifs is 1. The summed E-state index contributed by atoms with van der Waals surface area (Å²) in [5.74, 6) is -0.854. The Hall–Kier alpha value is -2.60. The number of anilines is 1. The van der Waals surface area contributed by atoms with E-state index in [2.05, 4.69) is 0 Å². The largest absolute Gasteiger partial charge is 0.332 e. The van der Waals surface area contributed by atoms with Gasteiger partial charge in [0.15, 0.2) is 0 Å². The molecule has 0 unspecified atom stereocenters. The van der Waals surface area contributed by atoms with Crippen molar-refractivity contribution in [3.63, 3.8) is 0 Å². The van der Waals surface area contributed by atoms with E-state index >= 15 is 0 Å². The highest BCUT2D eigenvalue weighted by atomic mass is 32.2. The van der Waals surface area contributed by atoms with Crippen molar-refractivity contribution in [1.29, 1.82) is 0 Å². The molecule has 25 heavy (non-hydrogen) atoms. The number of hydrogen-bond acceptors (Lipinski definition) is 4. The van der Waals surface area contributed by atoms with Gasteiger partial charge >= 0.3 is 0 Å². The molecule has 1 heterocycles.